The topological polar surface area (TPSA) is 25.4 Å². The van der Waals surface area contributed by atoms with Crippen molar-refractivity contribution in [2.24, 2.45) is 0 Å². The lowest BCUT2D eigenvalue weighted by molar-refractivity contribution is 0.177. The third-order valence-electron chi connectivity index (χ3n) is 11.0. The number of pyridine rings is 1. The molecule has 11 rings (SSSR count). The van der Waals surface area contributed by atoms with Crippen LogP contribution in [0.4, 0.5) is 17.1 Å². The van der Waals surface area contributed by atoms with Gasteiger partial charge in [0.1, 0.15) is 11.4 Å². The first-order chi connectivity index (χ1) is 25.6. The molecule has 2 atom stereocenters. The van der Waals surface area contributed by atoms with Crippen LogP contribution in [0.25, 0.3) is 56.2 Å². The van der Waals surface area contributed by atoms with E-state index < -0.39 is 5.60 Å². The van der Waals surface area contributed by atoms with E-state index in [1.165, 1.54) is 53.5 Å². The predicted molar refractivity (Wildman–Crippen MR) is 215 cm³/mol. The number of fused-ring (bicyclic) bond motifs is 9. The zero-order valence-electron chi connectivity index (χ0n) is 28.5. The van der Waals surface area contributed by atoms with Crippen molar-refractivity contribution >= 4 is 62.7 Å². The summed E-state index contributed by atoms with van der Waals surface area (Å²) in [4.78, 5) is 10.4. The molecule has 3 heterocycles. The molecule has 3 aliphatic rings. The highest BCUT2D eigenvalue weighted by Crippen LogP contribution is 2.53. The minimum Gasteiger partial charge on any atom is -0.482 e. The van der Waals surface area contributed by atoms with Crippen LogP contribution in [0.15, 0.2) is 168 Å². The summed E-state index contributed by atoms with van der Waals surface area (Å²) in [6.45, 7) is 2.21. The summed E-state index contributed by atoms with van der Waals surface area (Å²) < 4.78 is 6.83. The number of ether oxygens (including phenoxy) is 1. The van der Waals surface area contributed by atoms with E-state index in [1.54, 1.807) is 0 Å². The summed E-state index contributed by atoms with van der Waals surface area (Å²) in [6.07, 6.45) is 4.68. The second kappa shape index (κ2) is 11.2. The van der Waals surface area contributed by atoms with Gasteiger partial charge in [0.05, 0.1) is 28.5 Å². The van der Waals surface area contributed by atoms with Crippen molar-refractivity contribution < 1.29 is 4.74 Å². The van der Waals surface area contributed by atoms with Gasteiger partial charge in [-0.3, -0.25) is 0 Å². The molecule has 0 amide bonds. The molecule has 246 valence electrons. The Kier molecular flexibility index (Phi) is 6.38. The summed E-state index contributed by atoms with van der Waals surface area (Å²) in [6, 6.07) is 56.8. The average molecular weight is 685 g/mol. The van der Waals surface area contributed by atoms with Crippen LogP contribution in [-0.2, 0) is 0 Å². The largest absolute Gasteiger partial charge is 0.482 e. The van der Waals surface area contributed by atoms with E-state index in [0.717, 1.165) is 39.2 Å². The van der Waals surface area contributed by atoms with E-state index in [-0.39, 0.29) is 5.92 Å². The smallest absolute Gasteiger partial charge is 0.136 e. The standard InChI is InChI=1S/C48H32N2OS/c1-48-29-33-13-3-2-12-32(33)27-39(48)46-43(51-48)26-25-37-38(36-16-10-14-30-11-4-5-15-35(30)36)28-40(49-47(37)46)31-21-23-34(24-22-31)50-41-17-6-8-19-44(41)52-45-20-9-7-18-42(45)50/h2-29,39H,1H3. The second-order valence-corrected chi connectivity index (χ2v) is 15.2. The molecule has 3 nitrogen and oxygen atoms in total. The molecule has 0 N–H and O–H groups in total. The molecule has 0 fully saturated rings. The van der Waals surface area contributed by atoms with Crippen LogP contribution in [0.3, 0.4) is 0 Å². The van der Waals surface area contributed by atoms with Crippen LogP contribution in [-0.4, -0.2) is 10.6 Å². The third kappa shape index (κ3) is 4.44. The van der Waals surface area contributed by atoms with Gasteiger partial charge in [0.15, 0.2) is 0 Å². The molecule has 0 saturated heterocycles. The zero-order valence-corrected chi connectivity index (χ0v) is 29.3. The van der Waals surface area contributed by atoms with Gasteiger partial charge in [0, 0.05) is 32.0 Å². The first kappa shape index (κ1) is 29.6. The number of para-hydroxylation sites is 2. The van der Waals surface area contributed by atoms with E-state index >= 15 is 0 Å². The molecule has 1 aliphatic carbocycles. The van der Waals surface area contributed by atoms with E-state index in [1.807, 2.05) is 11.8 Å². The number of rotatable bonds is 3. The van der Waals surface area contributed by atoms with Crippen LogP contribution in [0, 0.1) is 0 Å². The van der Waals surface area contributed by atoms with Crippen molar-refractivity contribution in [1.82, 2.24) is 4.98 Å². The highest BCUT2D eigenvalue weighted by atomic mass is 32.2. The van der Waals surface area contributed by atoms with Crippen molar-refractivity contribution in [2.45, 2.75) is 28.2 Å². The lowest BCUT2D eigenvalue weighted by Gasteiger charge is -2.32. The Hall–Kier alpha value is -6.10. The number of benzene rings is 7. The van der Waals surface area contributed by atoms with Crippen LogP contribution in [0.5, 0.6) is 5.75 Å². The minimum absolute atomic E-state index is 0.0312. The lowest BCUT2D eigenvalue weighted by Crippen LogP contribution is -2.41. The fourth-order valence-corrected chi connectivity index (χ4v) is 9.57. The van der Waals surface area contributed by atoms with Gasteiger partial charge in [-0.05, 0) is 99.9 Å². The van der Waals surface area contributed by atoms with Gasteiger partial charge in [0.2, 0.25) is 0 Å². The average Bonchev–Trinajstić information content (AvgIpc) is 3.49. The van der Waals surface area contributed by atoms with Gasteiger partial charge in [-0.25, -0.2) is 4.98 Å². The van der Waals surface area contributed by atoms with Crippen molar-refractivity contribution in [1.29, 1.82) is 0 Å². The normalized spacial score (nSPS) is 17.9. The minimum atomic E-state index is -0.497. The maximum Gasteiger partial charge on any atom is 0.136 e. The molecule has 0 bridgehead atoms. The van der Waals surface area contributed by atoms with Gasteiger partial charge in [-0.15, -0.1) is 0 Å². The van der Waals surface area contributed by atoms with E-state index in [0.29, 0.717) is 0 Å². The fourth-order valence-electron chi connectivity index (χ4n) is 8.52. The Bertz CT molecular complexity index is 2850. The van der Waals surface area contributed by atoms with Crippen molar-refractivity contribution in [3.05, 3.63) is 174 Å². The summed E-state index contributed by atoms with van der Waals surface area (Å²) in [5.74, 6) is 0.938. The molecule has 0 radical (unpaired) electrons. The molecule has 1 aromatic heterocycles. The van der Waals surface area contributed by atoms with Crippen molar-refractivity contribution in [2.75, 3.05) is 4.90 Å². The molecule has 4 heteroatoms. The van der Waals surface area contributed by atoms with Gasteiger partial charge in [0.25, 0.3) is 0 Å². The van der Waals surface area contributed by atoms with Crippen molar-refractivity contribution in [3.63, 3.8) is 0 Å². The SMILES string of the molecule is CC12C=c3ccccc3=CC1c1c(ccc3c(-c4cccc5ccccc45)cc(-c4ccc(N5c6ccccc6Sc6ccccc65)cc4)nc13)O2. The summed E-state index contributed by atoms with van der Waals surface area (Å²) in [7, 11) is 0. The Morgan fingerprint density at radius 1 is 0.635 bits per heavy atom. The first-order valence-electron chi connectivity index (χ1n) is 17.8. The van der Waals surface area contributed by atoms with Gasteiger partial charge in [-0.1, -0.05) is 121 Å². The van der Waals surface area contributed by atoms with Gasteiger partial charge in [-0.2, -0.15) is 0 Å². The summed E-state index contributed by atoms with van der Waals surface area (Å²) >= 11 is 1.83. The zero-order chi connectivity index (χ0) is 34.4. The fraction of sp³-hybridized carbons (Fsp3) is 0.0625. The Morgan fingerprint density at radius 3 is 2.13 bits per heavy atom. The Labute approximate surface area is 306 Å². The monoisotopic (exact) mass is 684 g/mol. The second-order valence-electron chi connectivity index (χ2n) is 14.1. The van der Waals surface area contributed by atoms with E-state index in [4.69, 9.17) is 9.72 Å². The highest BCUT2D eigenvalue weighted by Gasteiger charge is 2.44. The molecular weight excluding hydrogens is 653 g/mol. The van der Waals surface area contributed by atoms with Crippen LogP contribution < -0.4 is 20.1 Å². The molecule has 2 aliphatic heterocycles. The quantitative estimate of drug-likeness (QED) is 0.185. The molecule has 8 aromatic rings. The third-order valence-corrected chi connectivity index (χ3v) is 12.1. The molecule has 2 unspecified atom stereocenters. The summed E-state index contributed by atoms with van der Waals surface area (Å²) in [5, 5.41) is 6.03. The van der Waals surface area contributed by atoms with Crippen molar-refractivity contribution in [3.8, 4) is 28.1 Å². The maximum atomic E-state index is 6.83. The van der Waals surface area contributed by atoms with E-state index in [9.17, 15) is 0 Å². The van der Waals surface area contributed by atoms with E-state index in [2.05, 4.69) is 182 Å². The lowest BCUT2D eigenvalue weighted by atomic mass is 9.80. The first-order valence-corrected chi connectivity index (χ1v) is 18.6. The van der Waals surface area contributed by atoms with Crippen LogP contribution in [0.2, 0.25) is 0 Å². The van der Waals surface area contributed by atoms with Gasteiger partial charge >= 0.3 is 0 Å². The van der Waals surface area contributed by atoms with Crippen LogP contribution >= 0.6 is 11.8 Å². The molecule has 52 heavy (non-hydrogen) atoms. The predicted octanol–water partition coefficient (Wildman–Crippen LogP) is 11.2. The number of hydrogen-bond donors (Lipinski definition) is 0. The number of nitrogens with zero attached hydrogens (tertiary/aromatic N) is 2. The molecular formula is C48H32N2OS. The van der Waals surface area contributed by atoms with Gasteiger partial charge < -0.3 is 9.64 Å². The molecule has 0 saturated carbocycles. The van der Waals surface area contributed by atoms with Crippen LogP contribution in [0.1, 0.15) is 18.4 Å². The maximum absolute atomic E-state index is 6.83. The number of anilines is 3. The Morgan fingerprint density at radius 2 is 1.33 bits per heavy atom. The summed E-state index contributed by atoms with van der Waals surface area (Å²) in [5.41, 5.74) is 9.56. The Balaban J connectivity index is 1.12. The molecule has 7 aromatic carbocycles. The molecule has 0 spiro atoms. The highest BCUT2D eigenvalue weighted by molar-refractivity contribution is 7.99. The number of aromatic nitrogens is 1. The number of hydrogen-bond acceptors (Lipinski definition) is 4.